The van der Waals surface area contributed by atoms with E-state index in [-0.39, 0.29) is 38.8 Å². The Labute approximate surface area is 368 Å². The lowest BCUT2D eigenvalue weighted by molar-refractivity contribution is -0.143. The zero-order chi connectivity index (χ0) is 45.5. The third kappa shape index (κ3) is 13.2. The van der Waals surface area contributed by atoms with Crippen LogP contribution in [0.15, 0.2) is 91.1 Å². The number of benzene rings is 3. The van der Waals surface area contributed by atoms with E-state index in [4.69, 9.17) is 11.5 Å². The topological polar surface area (TPSA) is 251 Å². The van der Waals surface area contributed by atoms with Crippen LogP contribution in [-0.4, -0.2) is 101 Å². The second-order valence-corrected chi connectivity index (χ2v) is 16.3. The van der Waals surface area contributed by atoms with E-state index in [1.54, 1.807) is 13.1 Å². The number of nitrogens with one attached hydrogen (secondary N) is 6. The minimum Gasteiger partial charge on any atom is -0.368 e. The SMILES string of the molecule is CC[C@H](C)[C@@H](NC(=O)[C@@H]1CCCN1C(=O)[C@H](CCCN)NC(=O)[C@H](Cc1ccccc1)NC(C)=O)C(=O)N[C@@H](Cc1c[nH]c2ccccc12)C(=O)N[C@@H](Cc1ccccc1)C(N)=O. The summed E-state index contributed by atoms with van der Waals surface area (Å²) >= 11 is 0. The smallest absolute Gasteiger partial charge is 0.245 e. The van der Waals surface area contributed by atoms with Crippen LogP contribution in [0.3, 0.4) is 0 Å². The Morgan fingerprint density at radius 3 is 1.90 bits per heavy atom. The quantitative estimate of drug-likeness (QED) is 0.0578. The Morgan fingerprint density at radius 1 is 0.730 bits per heavy atom. The summed E-state index contributed by atoms with van der Waals surface area (Å²) in [6, 6.07) is 19.5. The molecule has 63 heavy (non-hydrogen) atoms. The third-order valence-corrected chi connectivity index (χ3v) is 11.6. The molecule has 1 saturated heterocycles. The fraction of sp³-hybridized carbons (Fsp3) is 0.426. The maximum atomic E-state index is 14.4. The maximum absolute atomic E-state index is 14.4. The number of nitrogens with two attached hydrogens (primary N) is 2. The number of nitrogens with zero attached hydrogens (tertiary/aromatic N) is 1. The third-order valence-electron chi connectivity index (χ3n) is 11.6. The molecule has 1 fully saturated rings. The van der Waals surface area contributed by atoms with Gasteiger partial charge in [0, 0.05) is 49.8 Å². The van der Waals surface area contributed by atoms with Crippen LogP contribution in [0.25, 0.3) is 10.9 Å². The van der Waals surface area contributed by atoms with E-state index in [2.05, 4.69) is 31.6 Å². The van der Waals surface area contributed by atoms with E-state index in [0.29, 0.717) is 25.7 Å². The highest BCUT2D eigenvalue weighted by atomic mass is 16.2. The Kier molecular flexibility index (Phi) is 17.4. The number of amides is 7. The van der Waals surface area contributed by atoms with Crippen LogP contribution < -0.4 is 38.1 Å². The highest BCUT2D eigenvalue weighted by molar-refractivity contribution is 5.97. The average molecular weight is 864 g/mol. The van der Waals surface area contributed by atoms with Crippen molar-refractivity contribution in [1.82, 2.24) is 36.5 Å². The lowest BCUT2D eigenvalue weighted by Gasteiger charge is -2.32. The van der Waals surface area contributed by atoms with Crippen molar-refractivity contribution in [1.29, 1.82) is 0 Å². The molecule has 4 aromatic rings. The summed E-state index contributed by atoms with van der Waals surface area (Å²) in [5, 5.41) is 14.9. The van der Waals surface area contributed by atoms with Gasteiger partial charge in [0.2, 0.25) is 41.4 Å². The monoisotopic (exact) mass is 863 g/mol. The van der Waals surface area contributed by atoms with Crippen molar-refractivity contribution in [2.24, 2.45) is 17.4 Å². The van der Waals surface area contributed by atoms with Crippen molar-refractivity contribution < 1.29 is 33.6 Å². The number of hydrogen-bond acceptors (Lipinski definition) is 8. The van der Waals surface area contributed by atoms with Crippen molar-refractivity contribution >= 4 is 52.3 Å². The molecular weight excluding hydrogens is 803 g/mol. The van der Waals surface area contributed by atoms with Crippen molar-refractivity contribution in [3.8, 4) is 0 Å². The van der Waals surface area contributed by atoms with E-state index in [1.165, 1.54) is 11.8 Å². The fourth-order valence-corrected chi connectivity index (χ4v) is 7.95. The summed E-state index contributed by atoms with van der Waals surface area (Å²) < 4.78 is 0. The predicted molar refractivity (Wildman–Crippen MR) is 239 cm³/mol. The molecule has 0 radical (unpaired) electrons. The maximum Gasteiger partial charge on any atom is 0.245 e. The first-order valence-electron chi connectivity index (χ1n) is 21.7. The molecule has 7 atom stereocenters. The van der Waals surface area contributed by atoms with Gasteiger partial charge in [0.15, 0.2) is 0 Å². The molecule has 10 N–H and O–H groups in total. The van der Waals surface area contributed by atoms with Gasteiger partial charge >= 0.3 is 0 Å². The molecule has 1 aliphatic rings. The van der Waals surface area contributed by atoms with E-state index >= 15 is 0 Å². The highest BCUT2D eigenvalue weighted by Crippen LogP contribution is 2.23. The largest absolute Gasteiger partial charge is 0.368 e. The van der Waals surface area contributed by atoms with E-state index < -0.39 is 83.5 Å². The van der Waals surface area contributed by atoms with Crippen LogP contribution in [-0.2, 0) is 52.8 Å². The van der Waals surface area contributed by atoms with Gasteiger partial charge in [0.1, 0.15) is 36.3 Å². The molecule has 5 rings (SSSR count). The summed E-state index contributed by atoms with van der Waals surface area (Å²) in [4.78, 5) is 100. The van der Waals surface area contributed by atoms with Gasteiger partial charge in [-0.05, 0) is 60.9 Å². The van der Waals surface area contributed by atoms with Crippen LogP contribution in [0.1, 0.15) is 69.6 Å². The molecular formula is C47H61N9O7. The van der Waals surface area contributed by atoms with Gasteiger partial charge in [-0.2, -0.15) is 0 Å². The Morgan fingerprint density at radius 2 is 1.30 bits per heavy atom. The summed E-state index contributed by atoms with van der Waals surface area (Å²) in [7, 11) is 0. The molecule has 0 aliphatic carbocycles. The second-order valence-electron chi connectivity index (χ2n) is 16.3. The number of hydrogen-bond donors (Lipinski definition) is 8. The number of rotatable bonds is 22. The summed E-state index contributed by atoms with van der Waals surface area (Å²) in [5.74, 6) is -4.39. The van der Waals surface area contributed by atoms with Crippen LogP contribution >= 0.6 is 0 Å². The number of aromatic amines is 1. The van der Waals surface area contributed by atoms with Gasteiger partial charge in [-0.1, -0.05) is 99.1 Å². The van der Waals surface area contributed by atoms with Crippen LogP contribution in [0, 0.1) is 5.92 Å². The number of primary amides is 1. The number of carbonyl (C=O) groups excluding carboxylic acids is 7. The van der Waals surface area contributed by atoms with Crippen molar-refractivity contribution in [3.05, 3.63) is 108 Å². The standard InChI is InChI=1S/C47H61N9O7/c1-4-29(2)41(46(62)54-39(27-33-28-50-35-20-12-11-19-34(33)35)44(60)53-37(42(49)58)25-31-15-7-5-8-16-31)55-45(61)40-22-14-24-56(40)47(63)36(21-13-23-48)52-43(59)38(51-30(3)57)26-32-17-9-6-10-18-32/h5-12,15-20,28-29,36-41,50H,4,13-14,21-27,48H2,1-3H3,(H2,49,58)(H,51,57)(H,52,59)(H,53,60)(H,54,62)(H,55,61)/t29-,36-,37-,38-,39-,40-,41+/m0/s1. The number of fused-ring (bicyclic) bond motifs is 1. The number of H-pyrrole nitrogens is 1. The first-order chi connectivity index (χ1) is 30.3. The first-order valence-corrected chi connectivity index (χ1v) is 21.7. The van der Waals surface area contributed by atoms with Crippen LogP contribution in [0.4, 0.5) is 0 Å². The molecule has 16 nitrogen and oxygen atoms in total. The normalized spacial score (nSPS) is 16.4. The molecule has 0 bridgehead atoms. The molecule has 2 heterocycles. The van der Waals surface area contributed by atoms with Crippen molar-refractivity contribution in [2.45, 2.75) is 108 Å². The molecule has 7 amide bonds. The van der Waals surface area contributed by atoms with Crippen LogP contribution in [0.5, 0.6) is 0 Å². The fourth-order valence-electron chi connectivity index (χ4n) is 7.95. The van der Waals surface area contributed by atoms with E-state index in [0.717, 1.165) is 27.6 Å². The highest BCUT2D eigenvalue weighted by Gasteiger charge is 2.40. The van der Waals surface area contributed by atoms with E-state index in [9.17, 15) is 33.6 Å². The Hall–Kier alpha value is -6.55. The van der Waals surface area contributed by atoms with Gasteiger partial charge in [0.25, 0.3) is 0 Å². The van der Waals surface area contributed by atoms with Crippen LogP contribution in [0.2, 0.25) is 0 Å². The molecule has 0 saturated carbocycles. The Bertz CT molecular complexity index is 2200. The van der Waals surface area contributed by atoms with Gasteiger partial charge in [0.05, 0.1) is 0 Å². The zero-order valence-corrected chi connectivity index (χ0v) is 36.2. The average Bonchev–Trinajstić information content (AvgIpc) is 3.94. The molecule has 3 aromatic carbocycles. The molecule has 0 unspecified atom stereocenters. The van der Waals surface area contributed by atoms with Crippen molar-refractivity contribution in [2.75, 3.05) is 13.1 Å². The second kappa shape index (κ2) is 23.1. The number of para-hydroxylation sites is 1. The molecule has 0 spiro atoms. The Balaban J connectivity index is 1.34. The summed E-state index contributed by atoms with van der Waals surface area (Å²) in [6.07, 6.45) is 4.05. The number of carbonyl (C=O) groups is 7. The number of likely N-dealkylation sites (tertiary alicyclic amines) is 1. The van der Waals surface area contributed by atoms with E-state index in [1.807, 2.05) is 91.9 Å². The summed E-state index contributed by atoms with van der Waals surface area (Å²) in [5.41, 5.74) is 14.8. The van der Waals surface area contributed by atoms with Gasteiger partial charge in [-0.3, -0.25) is 33.6 Å². The lowest BCUT2D eigenvalue weighted by Crippen LogP contribution is -2.60. The van der Waals surface area contributed by atoms with Crippen molar-refractivity contribution in [3.63, 3.8) is 0 Å². The zero-order valence-electron chi connectivity index (χ0n) is 36.2. The molecule has 336 valence electrons. The predicted octanol–water partition coefficient (Wildman–Crippen LogP) is 1.90. The minimum atomic E-state index is -1.18. The molecule has 1 aliphatic heterocycles. The minimum absolute atomic E-state index is 0.0501. The lowest BCUT2D eigenvalue weighted by atomic mass is 9.96. The number of aromatic nitrogens is 1. The van der Waals surface area contributed by atoms with Gasteiger partial charge < -0.3 is 47.9 Å². The molecule has 16 heteroatoms. The molecule has 1 aromatic heterocycles. The van der Waals surface area contributed by atoms with Gasteiger partial charge in [-0.25, -0.2) is 0 Å². The summed E-state index contributed by atoms with van der Waals surface area (Å²) in [6.45, 7) is 5.48. The van der Waals surface area contributed by atoms with Gasteiger partial charge in [-0.15, -0.1) is 0 Å². The first kappa shape index (κ1) is 47.5.